The second kappa shape index (κ2) is 8.10. The van der Waals surface area contributed by atoms with Crippen molar-refractivity contribution in [1.82, 2.24) is 5.43 Å². The largest absolute Gasteiger partial charge is 0.378 e. The van der Waals surface area contributed by atoms with E-state index in [1.54, 1.807) is 6.21 Å². The number of hydrogen-bond donors (Lipinski definition) is 1. The fraction of sp³-hybridized carbons (Fsp3) is 0.222. The van der Waals surface area contributed by atoms with Gasteiger partial charge in [-0.1, -0.05) is 42.5 Å². The molecule has 0 saturated heterocycles. The molecule has 0 bridgehead atoms. The summed E-state index contributed by atoms with van der Waals surface area (Å²) in [5, 5.41) is 3.99. The minimum absolute atomic E-state index is 0.306. The van der Waals surface area contributed by atoms with Crippen molar-refractivity contribution >= 4 is 17.8 Å². The van der Waals surface area contributed by atoms with E-state index in [9.17, 15) is 4.79 Å². The minimum atomic E-state index is -0.676. The Balaban J connectivity index is 1.97. The van der Waals surface area contributed by atoms with Crippen molar-refractivity contribution in [2.24, 2.45) is 5.10 Å². The molecule has 0 heterocycles. The highest BCUT2D eigenvalue weighted by atomic mass is 16.5. The summed E-state index contributed by atoms with van der Waals surface area (Å²) in [5.74, 6) is -0.306. The molecule has 1 unspecified atom stereocenters. The van der Waals surface area contributed by atoms with Crippen LogP contribution < -0.4 is 10.3 Å². The topological polar surface area (TPSA) is 53.9 Å². The Labute approximate surface area is 136 Å². The van der Waals surface area contributed by atoms with Crippen LogP contribution in [0.1, 0.15) is 17.2 Å². The number of anilines is 1. The number of methoxy groups -OCH3 is 1. The number of carbonyl (C=O) groups is 1. The average Bonchev–Trinajstić information content (AvgIpc) is 2.57. The summed E-state index contributed by atoms with van der Waals surface area (Å²) in [4.78, 5) is 14.2. The van der Waals surface area contributed by atoms with E-state index >= 15 is 0 Å². The molecule has 1 atom stereocenters. The molecule has 1 N–H and O–H groups in total. The molecular weight excluding hydrogens is 290 g/mol. The Hall–Kier alpha value is -2.66. The van der Waals surface area contributed by atoms with Crippen LogP contribution in [0.25, 0.3) is 0 Å². The Morgan fingerprint density at radius 2 is 1.78 bits per heavy atom. The molecule has 120 valence electrons. The standard InChI is InChI=1S/C18H21N3O2/c1-21(2)16-11-9-14(10-12-16)13-19-20-18(22)17(23-3)15-7-5-4-6-8-15/h4-13,17H,1-3H3,(H,20,22). The van der Waals surface area contributed by atoms with Crippen LogP contribution in [-0.4, -0.2) is 33.3 Å². The van der Waals surface area contributed by atoms with Gasteiger partial charge in [0.15, 0.2) is 6.10 Å². The molecule has 23 heavy (non-hydrogen) atoms. The van der Waals surface area contributed by atoms with E-state index in [-0.39, 0.29) is 5.91 Å². The summed E-state index contributed by atoms with van der Waals surface area (Å²) in [7, 11) is 5.47. The van der Waals surface area contributed by atoms with Gasteiger partial charge in [-0.25, -0.2) is 5.43 Å². The van der Waals surface area contributed by atoms with Gasteiger partial charge in [0.25, 0.3) is 5.91 Å². The predicted molar refractivity (Wildman–Crippen MR) is 92.7 cm³/mol. The van der Waals surface area contributed by atoms with Crippen molar-refractivity contribution in [2.75, 3.05) is 26.1 Å². The van der Waals surface area contributed by atoms with E-state index < -0.39 is 6.10 Å². The molecule has 0 aromatic heterocycles. The van der Waals surface area contributed by atoms with Crippen LogP contribution in [0.2, 0.25) is 0 Å². The Morgan fingerprint density at radius 1 is 1.13 bits per heavy atom. The number of rotatable bonds is 6. The number of benzene rings is 2. The van der Waals surface area contributed by atoms with Crippen LogP contribution >= 0.6 is 0 Å². The molecule has 0 aliphatic rings. The summed E-state index contributed by atoms with van der Waals surface area (Å²) >= 11 is 0. The third kappa shape index (κ3) is 4.66. The van der Waals surface area contributed by atoms with E-state index in [0.717, 1.165) is 16.8 Å². The number of amides is 1. The molecule has 1 amide bonds. The number of nitrogens with one attached hydrogen (secondary N) is 1. The highest BCUT2D eigenvalue weighted by molar-refractivity contribution is 5.85. The van der Waals surface area contributed by atoms with Crippen LogP contribution in [0.15, 0.2) is 59.7 Å². The molecular formula is C18H21N3O2. The van der Waals surface area contributed by atoms with Gasteiger partial charge in [0.05, 0.1) is 6.21 Å². The highest BCUT2D eigenvalue weighted by Crippen LogP contribution is 2.16. The maximum absolute atomic E-state index is 12.2. The lowest BCUT2D eigenvalue weighted by Crippen LogP contribution is -2.26. The third-order valence-electron chi connectivity index (χ3n) is 3.37. The summed E-state index contributed by atoms with van der Waals surface area (Å²) in [6.07, 6.45) is 0.930. The maximum Gasteiger partial charge on any atom is 0.273 e. The van der Waals surface area contributed by atoms with Crippen molar-refractivity contribution in [3.05, 3.63) is 65.7 Å². The van der Waals surface area contributed by atoms with Crippen LogP contribution in [-0.2, 0) is 9.53 Å². The van der Waals surface area contributed by atoms with Crippen molar-refractivity contribution in [3.8, 4) is 0 Å². The van der Waals surface area contributed by atoms with Crippen molar-refractivity contribution < 1.29 is 9.53 Å². The molecule has 0 aliphatic carbocycles. The fourth-order valence-electron chi connectivity index (χ4n) is 2.11. The van der Waals surface area contributed by atoms with Gasteiger partial charge in [0, 0.05) is 26.9 Å². The molecule has 0 spiro atoms. The quantitative estimate of drug-likeness (QED) is 0.659. The number of ether oxygens (including phenoxy) is 1. The van der Waals surface area contributed by atoms with Gasteiger partial charge in [-0.05, 0) is 23.3 Å². The van der Waals surface area contributed by atoms with E-state index in [1.807, 2.05) is 73.6 Å². The molecule has 0 radical (unpaired) electrons. The second-order valence-electron chi connectivity index (χ2n) is 5.25. The van der Waals surface area contributed by atoms with Gasteiger partial charge in [-0.2, -0.15) is 5.10 Å². The summed E-state index contributed by atoms with van der Waals surface area (Å²) < 4.78 is 5.25. The molecule has 2 rings (SSSR count). The van der Waals surface area contributed by atoms with Crippen LogP contribution in [0, 0.1) is 0 Å². The lowest BCUT2D eigenvalue weighted by molar-refractivity contribution is -0.131. The molecule has 2 aromatic rings. The van der Waals surface area contributed by atoms with Gasteiger partial charge in [-0.3, -0.25) is 4.79 Å². The summed E-state index contributed by atoms with van der Waals surface area (Å²) in [6.45, 7) is 0. The Bertz CT molecular complexity index is 652. The van der Waals surface area contributed by atoms with Gasteiger partial charge in [0.1, 0.15) is 0 Å². The normalized spacial score (nSPS) is 12.1. The zero-order valence-corrected chi connectivity index (χ0v) is 13.6. The number of hydrazone groups is 1. The van der Waals surface area contributed by atoms with E-state index in [2.05, 4.69) is 10.5 Å². The lowest BCUT2D eigenvalue weighted by atomic mass is 10.1. The van der Waals surface area contributed by atoms with Crippen LogP contribution in [0.4, 0.5) is 5.69 Å². The number of nitrogens with zero attached hydrogens (tertiary/aromatic N) is 2. The zero-order chi connectivity index (χ0) is 16.7. The van der Waals surface area contributed by atoms with Crippen molar-refractivity contribution in [1.29, 1.82) is 0 Å². The van der Waals surface area contributed by atoms with Gasteiger partial charge in [0.2, 0.25) is 0 Å². The molecule has 0 fully saturated rings. The monoisotopic (exact) mass is 311 g/mol. The lowest BCUT2D eigenvalue weighted by Gasteiger charge is -2.13. The van der Waals surface area contributed by atoms with Gasteiger partial charge < -0.3 is 9.64 Å². The van der Waals surface area contributed by atoms with Crippen LogP contribution in [0.3, 0.4) is 0 Å². The summed E-state index contributed by atoms with van der Waals surface area (Å²) in [5.41, 5.74) is 5.32. The average molecular weight is 311 g/mol. The highest BCUT2D eigenvalue weighted by Gasteiger charge is 2.18. The smallest absolute Gasteiger partial charge is 0.273 e. The first-order valence-electron chi connectivity index (χ1n) is 7.30. The number of carbonyl (C=O) groups excluding carboxylic acids is 1. The molecule has 5 heteroatoms. The van der Waals surface area contributed by atoms with Gasteiger partial charge >= 0.3 is 0 Å². The maximum atomic E-state index is 12.2. The first kappa shape index (κ1) is 16.7. The van der Waals surface area contributed by atoms with Gasteiger partial charge in [-0.15, -0.1) is 0 Å². The van der Waals surface area contributed by atoms with Crippen molar-refractivity contribution in [3.63, 3.8) is 0 Å². The fourth-order valence-corrected chi connectivity index (χ4v) is 2.11. The van der Waals surface area contributed by atoms with Crippen LogP contribution in [0.5, 0.6) is 0 Å². The second-order valence-corrected chi connectivity index (χ2v) is 5.25. The predicted octanol–water partition coefficient (Wildman–Crippen LogP) is 2.59. The zero-order valence-electron chi connectivity index (χ0n) is 13.6. The molecule has 0 aliphatic heterocycles. The summed E-state index contributed by atoms with van der Waals surface area (Å²) in [6, 6.07) is 17.2. The van der Waals surface area contributed by atoms with E-state index in [4.69, 9.17) is 4.74 Å². The number of hydrogen-bond acceptors (Lipinski definition) is 4. The molecule has 0 saturated carbocycles. The van der Waals surface area contributed by atoms with E-state index in [1.165, 1.54) is 7.11 Å². The molecule has 5 nitrogen and oxygen atoms in total. The third-order valence-corrected chi connectivity index (χ3v) is 3.37. The van der Waals surface area contributed by atoms with Crippen molar-refractivity contribution in [2.45, 2.75) is 6.10 Å². The minimum Gasteiger partial charge on any atom is -0.378 e. The SMILES string of the molecule is COC(C(=O)NN=Cc1ccc(N(C)C)cc1)c1ccccc1. The van der Waals surface area contributed by atoms with E-state index in [0.29, 0.717) is 0 Å². The molecule has 2 aromatic carbocycles. The Kier molecular flexibility index (Phi) is 5.88. The Morgan fingerprint density at radius 3 is 2.35 bits per heavy atom. The first-order valence-corrected chi connectivity index (χ1v) is 7.30. The first-order chi connectivity index (χ1) is 11.1.